The standard InChI is InChI=1S/C16H16N2O3/c1-9-4-11(3)14(13(6-9)16(20)21)18-15(19)12-5-10(2)7-17-8-12/h4-8H,1-3H3,(H,18,19)(H,20,21). The zero-order chi connectivity index (χ0) is 15.6. The molecule has 0 saturated heterocycles. The minimum absolute atomic E-state index is 0.0847. The molecule has 2 aromatic rings. The molecule has 0 spiro atoms. The number of carbonyl (C=O) groups excluding carboxylic acids is 1. The maximum atomic E-state index is 12.2. The number of pyridine rings is 1. The molecular formula is C16H16N2O3. The Hall–Kier alpha value is -2.69. The molecule has 2 rings (SSSR count). The van der Waals surface area contributed by atoms with Crippen molar-refractivity contribution in [1.29, 1.82) is 0 Å². The summed E-state index contributed by atoms with van der Waals surface area (Å²) in [6.45, 7) is 5.42. The van der Waals surface area contributed by atoms with Gasteiger partial charge in [0, 0.05) is 12.4 Å². The summed E-state index contributed by atoms with van der Waals surface area (Å²) in [5, 5.41) is 11.9. The highest BCUT2D eigenvalue weighted by Crippen LogP contribution is 2.23. The van der Waals surface area contributed by atoms with Gasteiger partial charge in [0.1, 0.15) is 0 Å². The zero-order valence-corrected chi connectivity index (χ0v) is 12.1. The van der Waals surface area contributed by atoms with Crippen LogP contribution in [0.4, 0.5) is 5.69 Å². The Balaban J connectivity index is 2.39. The number of amides is 1. The molecule has 0 aliphatic rings. The van der Waals surface area contributed by atoms with Crippen molar-refractivity contribution in [3.63, 3.8) is 0 Å². The van der Waals surface area contributed by atoms with Crippen LogP contribution in [-0.4, -0.2) is 22.0 Å². The summed E-state index contributed by atoms with van der Waals surface area (Å²) in [6, 6.07) is 5.07. The van der Waals surface area contributed by atoms with E-state index in [1.54, 1.807) is 25.3 Å². The molecule has 1 amide bonds. The molecule has 5 heteroatoms. The van der Waals surface area contributed by atoms with Crippen LogP contribution in [0.2, 0.25) is 0 Å². The molecule has 1 aromatic carbocycles. The lowest BCUT2D eigenvalue weighted by Gasteiger charge is -2.13. The number of carboxylic acids is 1. The first kappa shape index (κ1) is 14.7. The maximum Gasteiger partial charge on any atom is 0.337 e. The summed E-state index contributed by atoms with van der Waals surface area (Å²) in [7, 11) is 0. The van der Waals surface area contributed by atoms with Crippen molar-refractivity contribution in [3.05, 3.63) is 58.4 Å². The SMILES string of the molecule is Cc1cncc(C(=O)Nc2c(C)cc(C)cc2C(=O)O)c1. The van der Waals surface area contributed by atoms with Gasteiger partial charge < -0.3 is 10.4 Å². The maximum absolute atomic E-state index is 12.2. The summed E-state index contributed by atoms with van der Waals surface area (Å²) in [5.74, 6) is -1.44. The average molecular weight is 284 g/mol. The number of nitrogens with one attached hydrogen (secondary N) is 1. The second kappa shape index (κ2) is 5.75. The second-order valence-electron chi connectivity index (χ2n) is 5.01. The summed E-state index contributed by atoms with van der Waals surface area (Å²) >= 11 is 0. The largest absolute Gasteiger partial charge is 0.478 e. The van der Waals surface area contributed by atoms with Gasteiger partial charge in [-0.05, 0) is 49.6 Å². The number of hydrogen-bond acceptors (Lipinski definition) is 3. The number of aromatic carboxylic acids is 1. The van der Waals surface area contributed by atoms with E-state index in [0.717, 1.165) is 11.1 Å². The summed E-state index contributed by atoms with van der Waals surface area (Å²) < 4.78 is 0. The van der Waals surface area contributed by atoms with Crippen molar-refractivity contribution in [2.24, 2.45) is 0 Å². The predicted molar refractivity (Wildman–Crippen MR) is 79.8 cm³/mol. The fourth-order valence-corrected chi connectivity index (χ4v) is 2.17. The predicted octanol–water partition coefficient (Wildman–Crippen LogP) is 2.96. The normalized spacial score (nSPS) is 10.2. The van der Waals surface area contributed by atoms with Crippen LogP contribution >= 0.6 is 0 Å². The molecule has 5 nitrogen and oxygen atoms in total. The minimum Gasteiger partial charge on any atom is -0.478 e. The van der Waals surface area contributed by atoms with Crippen molar-refractivity contribution >= 4 is 17.6 Å². The molecule has 0 bridgehead atoms. The fraction of sp³-hybridized carbons (Fsp3) is 0.188. The Bertz CT molecular complexity index is 723. The van der Waals surface area contributed by atoms with E-state index >= 15 is 0 Å². The highest BCUT2D eigenvalue weighted by Gasteiger charge is 2.16. The van der Waals surface area contributed by atoms with Gasteiger partial charge in [0.15, 0.2) is 0 Å². The third-order valence-electron chi connectivity index (χ3n) is 3.09. The second-order valence-corrected chi connectivity index (χ2v) is 5.01. The smallest absolute Gasteiger partial charge is 0.337 e. The molecule has 1 aromatic heterocycles. The lowest BCUT2D eigenvalue weighted by molar-refractivity contribution is 0.0698. The van der Waals surface area contributed by atoms with Gasteiger partial charge in [-0.1, -0.05) is 6.07 Å². The number of aromatic nitrogens is 1. The summed E-state index contributed by atoms with van der Waals surface area (Å²) in [5.41, 5.74) is 3.20. The van der Waals surface area contributed by atoms with Crippen LogP contribution in [0, 0.1) is 20.8 Å². The van der Waals surface area contributed by atoms with Crippen LogP contribution in [0.5, 0.6) is 0 Å². The number of nitrogens with zero attached hydrogens (tertiary/aromatic N) is 1. The zero-order valence-electron chi connectivity index (χ0n) is 12.1. The van der Waals surface area contributed by atoms with E-state index < -0.39 is 5.97 Å². The summed E-state index contributed by atoms with van der Waals surface area (Å²) in [4.78, 5) is 27.5. The number of anilines is 1. The molecule has 0 unspecified atom stereocenters. The topological polar surface area (TPSA) is 79.3 Å². The van der Waals surface area contributed by atoms with Crippen LogP contribution < -0.4 is 5.32 Å². The Morgan fingerprint density at radius 1 is 1.05 bits per heavy atom. The van der Waals surface area contributed by atoms with Gasteiger partial charge >= 0.3 is 5.97 Å². The number of hydrogen-bond donors (Lipinski definition) is 2. The monoisotopic (exact) mass is 284 g/mol. The molecule has 1 heterocycles. The Kier molecular flexibility index (Phi) is 4.03. The molecule has 0 fully saturated rings. The van der Waals surface area contributed by atoms with E-state index in [1.165, 1.54) is 6.20 Å². The van der Waals surface area contributed by atoms with Gasteiger partial charge in [0.2, 0.25) is 0 Å². The number of rotatable bonds is 3. The van der Waals surface area contributed by atoms with Crippen molar-refractivity contribution in [3.8, 4) is 0 Å². The molecule has 0 saturated carbocycles. The highest BCUT2D eigenvalue weighted by molar-refractivity contribution is 6.08. The van der Waals surface area contributed by atoms with Gasteiger partial charge in [0.25, 0.3) is 5.91 Å². The van der Waals surface area contributed by atoms with Gasteiger partial charge in [-0.15, -0.1) is 0 Å². The van der Waals surface area contributed by atoms with Crippen LogP contribution in [0.15, 0.2) is 30.6 Å². The summed E-state index contributed by atoms with van der Waals surface area (Å²) in [6.07, 6.45) is 3.10. The lowest BCUT2D eigenvalue weighted by Crippen LogP contribution is -2.16. The van der Waals surface area contributed by atoms with Gasteiger partial charge in [-0.3, -0.25) is 9.78 Å². The van der Waals surface area contributed by atoms with E-state index in [0.29, 0.717) is 16.8 Å². The van der Waals surface area contributed by atoms with Crippen molar-refractivity contribution < 1.29 is 14.7 Å². The Morgan fingerprint density at radius 2 is 1.76 bits per heavy atom. The van der Waals surface area contributed by atoms with Gasteiger partial charge in [-0.25, -0.2) is 4.79 Å². The molecule has 0 atom stereocenters. The third-order valence-corrected chi connectivity index (χ3v) is 3.09. The minimum atomic E-state index is -1.07. The van der Waals surface area contributed by atoms with Crippen molar-refractivity contribution in [2.75, 3.05) is 5.32 Å². The van der Waals surface area contributed by atoms with Crippen LogP contribution in [0.1, 0.15) is 37.4 Å². The molecule has 108 valence electrons. The molecule has 0 aliphatic heterocycles. The molecule has 21 heavy (non-hydrogen) atoms. The number of carbonyl (C=O) groups is 2. The number of benzene rings is 1. The average Bonchev–Trinajstić information content (AvgIpc) is 2.41. The van der Waals surface area contributed by atoms with Crippen molar-refractivity contribution in [1.82, 2.24) is 4.98 Å². The van der Waals surface area contributed by atoms with E-state index in [9.17, 15) is 14.7 Å². The lowest BCUT2D eigenvalue weighted by atomic mass is 10.0. The Morgan fingerprint density at radius 3 is 2.38 bits per heavy atom. The van der Waals surface area contributed by atoms with E-state index in [4.69, 9.17) is 0 Å². The van der Waals surface area contributed by atoms with Crippen molar-refractivity contribution in [2.45, 2.75) is 20.8 Å². The van der Waals surface area contributed by atoms with Crippen LogP contribution in [0.3, 0.4) is 0 Å². The molecule has 0 aliphatic carbocycles. The van der Waals surface area contributed by atoms with Crippen LogP contribution in [-0.2, 0) is 0 Å². The molecular weight excluding hydrogens is 268 g/mol. The highest BCUT2D eigenvalue weighted by atomic mass is 16.4. The van der Waals surface area contributed by atoms with Gasteiger partial charge in [-0.2, -0.15) is 0 Å². The van der Waals surface area contributed by atoms with Gasteiger partial charge in [0.05, 0.1) is 16.8 Å². The van der Waals surface area contributed by atoms with E-state index in [-0.39, 0.29) is 11.5 Å². The Labute approximate surface area is 122 Å². The first-order chi connectivity index (χ1) is 9.88. The quantitative estimate of drug-likeness (QED) is 0.908. The van der Waals surface area contributed by atoms with E-state index in [1.807, 2.05) is 19.9 Å². The number of carboxylic acid groups (broad SMARTS) is 1. The first-order valence-electron chi connectivity index (χ1n) is 6.46. The third kappa shape index (κ3) is 3.25. The fourth-order valence-electron chi connectivity index (χ4n) is 2.17. The molecule has 2 N–H and O–H groups in total. The first-order valence-corrected chi connectivity index (χ1v) is 6.46. The van der Waals surface area contributed by atoms with E-state index in [2.05, 4.69) is 10.3 Å². The number of aryl methyl sites for hydroxylation is 3. The van der Waals surface area contributed by atoms with Crippen LogP contribution in [0.25, 0.3) is 0 Å². The molecule has 0 radical (unpaired) electrons.